The van der Waals surface area contributed by atoms with Crippen LogP contribution < -0.4 is 0 Å². The smallest absolute Gasteiger partial charge is 0.310 e. The number of rotatable bonds is 2. The van der Waals surface area contributed by atoms with Crippen LogP contribution in [0, 0.1) is 5.92 Å². The van der Waals surface area contributed by atoms with Gasteiger partial charge in [0, 0.05) is 4.83 Å². The molecule has 1 fully saturated rings. The summed E-state index contributed by atoms with van der Waals surface area (Å²) >= 11 is 3.54. The third kappa shape index (κ3) is 3.29. The number of carbonyl (C=O) groups excluding carboxylic acids is 1. The van der Waals surface area contributed by atoms with Crippen molar-refractivity contribution >= 4 is 21.9 Å². The number of carbonyl (C=O) groups is 1. The van der Waals surface area contributed by atoms with Crippen molar-refractivity contribution in [2.75, 3.05) is 0 Å². The molecule has 1 rings (SSSR count). The minimum atomic E-state index is -0.0309. The van der Waals surface area contributed by atoms with Crippen LogP contribution >= 0.6 is 15.9 Å². The molecule has 0 bridgehead atoms. The summed E-state index contributed by atoms with van der Waals surface area (Å²) in [4.78, 5) is 11.9. The lowest BCUT2D eigenvalue weighted by Crippen LogP contribution is -2.30. The first-order valence-corrected chi connectivity index (χ1v) is 5.87. The van der Waals surface area contributed by atoms with Crippen molar-refractivity contribution in [1.82, 2.24) is 0 Å². The van der Waals surface area contributed by atoms with Crippen LogP contribution in [-0.4, -0.2) is 16.9 Å². The molecule has 0 radical (unpaired) electrons. The van der Waals surface area contributed by atoms with Crippen molar-refractivity contribution in [3.63, 3.8) is 0 Å². The third-order valence-corrected chi connectivity index (χ3v) is 3.43. The Morgan fingerprint density at radius 3 is 2.54 bits per heavy atom. The molecule has 2 unspecified atom stereocenters. The van der Waals surface area contributed by atoms with E-state index in [1.807, 2.05) is 13.8 Å². The molecule has 2 nitrogen and oxygen atoms in total. The fourth-order valence-corrected chi connectivity index (χ4v) is 2.47. The van der Waals surface area contributed by atoms with E-state index in [2.05, 4.69) is 15.9 Å². The maximum atomic E-state index is 11.6. The molecule has 3 heteroatoms. The van der Waals surface area contributed by atoms with Gasteiger partial charge in [-0.25, -0.2) is 0 Å². The molecule has 1 aliphatic rings. The zero-order valence-corrected chi connectivity index (χ0v) is 9.84. The van der Waals surface area contributed by atoms with E-state index in [1.165, 1.54) is 6.42 Å². The lowest BCUT2D eigenvalue weighted by Gasteiger charge is -2.26. The molecule has 2 atom stereocenters. The first-order valence-electron chi connectivity index (χ1n) is 4.96. The standard InChI is InChI=1S/C10H17BrO2/c1-7(2)13-10(12)8-5-3-4-6-9(8)11/h7-9H,3-6H2,1-2H3. The van der Waals surface area contributed by atoms with Gasteiger partial charge in [-0.3, -0.25) is 4.79 Å². The Labute approximate surface area is 88.2 Å². The van der Waals surface area contributed by atoms with Crippen LogP contribution in [0.3, 0.4) is 0 Å². The SMILES string of the molecule is CC(C)OC(=O)C1CCCCC1Br. The van der Waals surface area contributed by atoms with Gasteiger partial charge in [0.1, 0.15) is 0 Å². The third-order valence-electron chi connectivity index (χ3n) is 2.34. The number of hydrogen-bond acceptors (Lipinski definition) is 2. The Morgan fingerprint density at radius 1 is 1.38 bits per heavy atom. The molecule has 1 aliphatic carbocycles. The van der Waals surface area contributed by atoms with Gasteiger partial charge in [-0.15, -0.1) is 0 Å². The van der Waals surface area contributed by atoms with E-state index in [9.17, 15) is 4.79 Å². The summed E-state index contributed by atoms with van der Waals surface area (Å²) in [7, 11) is 0. The van der Waals surface area contributed by atoms with Crippen molar-refractivity contribution in [1.29, 1.82) is 0 Å². The highest BCUT2D eigenvalue weighted by molar-refractivity contribution is 9.09. The minimum absolute atomic E-state index is 0.00845. The highest BCUT2D eigenvalue weighted by atomic mass is 79.9. The molecular weight excluding hydrogens is 232 g/mol. The van der Waals surface area contributed by atoms with Gasteiger partial charge in [0.05, 0.1) is 12.0 Å². The summed E-state index contributed by atoms with van der Waals surface area (Å²) in [5.74, 6) is 0.0488. The molecule has 13 heavy (non-hydrogen) atoms. The van der Waals surface area contributed by atoms with Crippen LogP contribution in [0.2, 0.25) is 0 Å². The maximum Gasteiger partial charge on any atom is 0.310 e. The molecule has 0 saturated heterocycles. The second-order valence-corrected chi connectivity index (χ2v) is 5.07. The van der Waals surface area contributed by atoms with Crippen LogP contribution in [0.4, 0.5) is 0 Å². The predicted molar refractivity (Wildman–Crippen MR) is 55.9 cm³/mol. The van der Waals surface area contributed by atoms with Crippen molar-refractivity contribution in [3.05, 3.63) is 0 Å². The Morgan fingerprint density at radius 2 is 2.00 bits per heavy atom. The summed E-state index contributed by atoms with van der Waals surface area (Å²) < 4.78 is 5.19. The van der Waals surface area contributed by atoms with Crippen LogP contribution in [0.1, 0.15) is 39.5 Å². The molecule has 1 saturated carbocycles. The molecule has 0 amide bonds. The van der Waals surface area contributed by atoms with E-state index in [1.54, 1.807) is 0 Å². The first-order chi connectivity index (χ1) is 6.11. The molecule has 0 aromatic carbocycles. The Balaban J connectivity index is 2.44. The van der Waals surface area contributed by atoms with Gasteiger partial charge in [0.2, 0.25) is 0 Å². The van der Waals surface area contributed by atoms with Gasteiger partial charge in [-0.2, -0.15) is 0 Å². The van der Waals surface area contributed by atoms with Gasteiger partial charge in [-0.05, 0) is 26.7 Å². The Kier molecular flexibility index (Phi) is 4.23. The Hall–Kier alpha value is -0.0500. The average molecular weight is 249 g/mol. The van der Waals surface area contributed by atoms with Crippen molar-refractivity contribution in [2.45, 2.75) is 50.5 Å². The lowest BCUT2D eigenvalue weighted by molar-refractivity contribution is -0.153. The quantitative estimate of drug-likeness (QED) is 0.555. The van der Waals surface area contributed by atoms with Gasteiger partial charge < -0.3 is 4.74 Å². The van der Waals surface area contributed by atoms with Crippen LogP contribution in [0.15, 0.2) is 0 Å². The zero-order valence-electron chi connectivity index (χ0n) is 8.25. The summed E-state index contributed by atoms with van der Waals surface area (Å²) in [5.41, 5.74) is 0. The number of esters is 1. The molecule has 76 valence electrons. The zero-order chi connectivity index (χ0) is 9.84. The molecular formula is C10H17BrO2. The largest absolute Gasteiger partial charge is 0.463 e. The number of halogens is 1. The molecule has 0 aliphatic heterocycles. The summed E-state index contributed by atoms with van der Waals surface area (Å²) in [6.45, 7) is 3.79. The molecule has 0 aromatic rings. The number of hydrogen-bond donors (Lipinski definition) is 0. The fourth-order valence-electron chi connectivity index (χ4n) is 1.67. The molecule has 0 heterocycles. The van der Waals surface area contributed by atoms with E-state index >= 15 is 0 Å². The summed E-state index contributed by atoms with van der Waals surface area (Å²) in [6, 6.07) is 0. The summed E-state index contributed by atoms with van der Waals surface area (Å²) in [5, 5.41) is 0. The molecule has 0 aromatic heterocycles. The van der Waals surface area contributed by atoms with Crippen molar-refractivity contribution in [2.24, 2.45) is 5.92 Å². The van der Waals surface area contributed by atoms with Gasteiger partial charge in [0.25, 0.3) is 0 Å². The van der Waals surface area contributed by atoms with Gasteiger partial charge in [0.15, 0.2) is 0 Å². The number of ether oxygens (including phenoxy) is 1. The van der Waals surface area contributed by atoms with E-state index in [0.717, 1.165) is 19.3 Å². The lowest BCUT2D eigenvalue weighted by atomic mass is 9.89. The monoisotopic (exact) mass is 248 g/mol. The van der Waals surface area contributed by atoms with Crippen LogP contribution in [0.5, 0.6) is 0 Å². The van der Waals surface area contributed by atoms with Crippen LogP contribution in [-0.2, 0) is 9.53 Å². The van der Waals surface area contributed by atoms with E-state index in [-0.39, 0.29) is 18.0 Å². The normalized spacial score (nSPS) is 28.9. The predicted octanol–water partition coefficient (Wildman–Crippen LogP) is 2.89. The van der Waals surface area contributed by atoms with Gasteiger partial charge >= 0.3 is 5.97 Å². The Bertz CT molecular complexity index is 180. The topological polar surface area (TPSA) is 26.3 Å². The maximum absolute atomic E-state index is 11.6. The van der Waals surface area contributed by atoms with Gasteiger partial charge in [-0.1, -0.05) is 28.8 Å². The average Bonchev–Trinajstić information content (AvgIpc) is 2.03. The number of alkyl halides is 1. The van der Waals surface area contributed by atoms with Crippen LogP contribution in [0.25, 0.3) is 0 Å². The second kappa shape index (κ2) is 4.99. The minimum Gasteiger partial charge on any atom is -0.463 e. The summed E-state index contributed by atoms with van der Waals surface area (Å²) in [6.07, 6.45) is 4.45. The molecule has 0 spiro atoms. The fraction of sp³-hybridized carbons (Fsp3) is 0.900. The van der Waals surface area contributed by atoms with E-state index in [0.29, 0.717) is 4.83 Å². The highest BCUT2D eigenvalue weighted by Crippen LogP contribution is 2.30. The first kappa shape index (κ1) is 11.0. The second-order valence-electron chi connectivity index (χ2n) is 3.89. The molecule has 0 N–H and O–H groups in total. The van der Waals surface area contributed by atoms with Crippen molar-refractivity contribution in [3.8, 4) is 0 Å². The van der Waals surface area contributed by atoms with E-state index in [4.69, 9.17) is 4.74 Å². The van der Waals surface area contributed by atoms with Crippen molar-refractivity contribution < 1.29 is 9.53 Å². The highest BCUT2D eigenvalue weighted by Gasteiger charge is 2.30. The van der Waals surface area contributed by atoms with E-state index < -0.39 is 0 Å².